The highest BCUT2D eigenvalue weighted by Crippen LogP contribution is 2.27. The van der Waals surface area contributed by atoms with Gasteiger partial charge in [-0.05, 0) is 49.2 Å². The largest absolute Gasteiger partial charge is 0.490 e. The first kappa shape index (κ1) is 11.1. The number of allylic oxidation sites excluding steroid dienone is 2. The molecule has 0 N–H and O–H groups in total. The van der Waals surface area contributed by atoms with Crippen molar-refractivity contribution < 1.29 is 9.53 Å². The number of ketones is 1. The summed E-state index contributed by atoms with van der Waals surface area (Å²) in [6, 6.07) is 0. The minimum absolute atomic E-state index is 0.228. The molecule has 2 heterocycles. The molecule has 0 aromatic carbocycles. The number of ether oxygens (including phenoxy) is 1. The first-order chi connectivity index (χ1) is 7.36. The molecule has 0 atom stereocenters. The predicted octanol–water partition coefficient (Wildman–Crippen LogP) is 2.78. The van der Waals surface area contributed by atoms with E-state index in [2.05, 4.69) is 0 Å². The average molecular weight is 226 g/mol. The molecule has 1 fully saturated rings. The van der Waals surface area contributed by atoms with Crippen LogP contribution in [0.2, 0.25) is 0 Å². The third-order valence-corrected chi connectivity index (χ3v) is 4.07. The molecule has 15 heavy (non-hydrogen) atoms. The van der Waals surface area contributed by atoms with Crippen molar-refractivity contribution in [2.75, 3.05) is 18.1 Å². The smallest absolute Gasteiger partial charge is 0.197 e. The van der Waals surface area contributed by atoms with Crippen LogP contribution in [0.5, 0.6) is 0 Å². The predicted molar refractivity (Wildman–Crippen MR) is 62.9 cm³/mol. The van der Waals surface area contributed by atoms with Crippen LogP contribution in [0.15, 0.2) is 11.8 Å². The second-order valence-corrected chi connectivity index (χ2v) is 5.47. The molecule has 2 aliphatic heterocycles. The summed E-state index contributed by atoms with van der Waals surface area (Å²) in [7, 11) is 0. The van der Waals surface area contributed by atoms with Crippen molar-refractivity contribution in [3.8, 4) is 0 Å². The highest BCUT2D eigenvalue weighted by atomic mass is 32.2. The van der Waals surface area contributed by atoms with Gasteiger partial charge in [-0.15, -0.1) is 0 Å². The Balaban J connectivity index is 1.82. The van der Waals surface area contributed by atoms with Gasteiger partial charge in [-0.1, -0.05) is 0 Å². The topological polar surface area (TPSA) is 26.3 Å². The molecule has 0 bridgehead atoms. The minimum Gasteiger partial charge on any atom is -0.490 e. The number of Topliss-reactive ketones (excluding diaryl/α,β-unsaturated/α-hetero) is 1. The zero-order valence-electron chi connectivity index (χ0n) is 9.04. The van der Waals surface area contributed by atoms with Crippen molar-refractivity contribution in [3.05, 3.63) is 11.8 Å². The third kappa shape index (κ3) is 3.26. The lowest BCUT2D eigenvalue weighted by molar-refractivity contribution is -0.120. The van der Waals surface area contributed by atoms with Crippen LogP contribution in [-0.2, 0) is 9.53 Å². The Morgan fingerprint density at radius 1 is 1.47 bits per heavy atom. The molecule has 84 valence electrons. The molecule has 0 radical (unpaired) electrons. The van der Waals surface area contributed by atoms with Gasteiger partial charge in [-0.25, -0.2) is 0 Å². The number of rotatable bonds is 3. The molecule has 2 rings (SSSR count). The van der Waals surface area contributed by atoms with Crippen LogP contribution in [0.4, 0.5) is 0 Å². The van der Waals surface area contributed by atoms with Crippen LogP contribution in [0, 0.1) is 5.92 Å². The second-order valence-electron chi connectivity index (χ2n) is 4.24. The van der Waals surface area contributed by atoms with Gasteiger partial charge in [0.15, 0.2) is 11.5 Å². The molecule has 0 aromatic heterocycles. The van der Waals surface area contributed by atoms with Crippen LogP contribution in [-0.4, -0.2) is 23.9 Å². The molecule has 1 saturated heterocycles. The van der Waals surface area contributed by atoms with Gasteiger partial charge in [0, 0.05) is 6.42 Å². The fraction of sp³-hybridized carbons (Fsp3) is 0.750. The maximum atomic E-state index is 11.9. The zero-order valence-corrected chi connectivity index (χ0v) is 9.85. The quantitative estimate of drug-likeness (QED) is 0.740. The number of carbonyl (C=O) groups excluding carboxylic acids is 1. The summed E-state index contributed by atoms with van der Waals surface area (Å²) in [4.78, 5) is 11.9. The van der Waals surface area contributed by atoms with Crippen molar-refractivity contribution in [1.29, 1.82) is 0 Å². The van der Waals surface area contributed by atoms with Crippen molar-refractivity contribution in [2.24, 2.45) is 5.92 Å². The van der Waals surface area contributed by atoms with E-state index in [1.54, 1.807) is 0 Å². The number of hydrogen-bond acceptors (Lipinski definition) is 3. The van der Waals surface area contributed by atoms with Gasteiger partial charge in [-0.2, -0.15) is 11.8 Å². The first-order valence-corrected chi connectivity index (χ1v) is 6.95. The second kappa shape index (κ2) is 5.59. The number of thioether (sulfide) groups is 1. The normalized spacial score (nSPS) is 23.1. The Morgan fingerprint density at radius 3 is 2.93 bits per heavy atom. The summed E-state index contributed by atoms with van der Waals surface area (Å²) in [5.74, 6) is 3.91. The summed E-state index contributed by atoms with van der Waals surface area (Å²) in [6.07, 6.45) is 7.11. The molecule has 0 saturated carbocycles. The Labute approximate surface area is 95.5 Å². The van der Waals surface area contributed by atoms with Crippen molar-refractivity contribution >= 4 is 17.5 Å². The van der Waals surface area contributed by atoms with Gasteiger partial charge >= 0.3 is 0 Å². The summed E-state index contributed by atoms with van der Waals surface area (Å²) < 4.78 is 5.39. The Bertz CT molecular complexity index is 254. The highest BCUT2D eigenvalue weighted by molar-refractivity contribution is 7.99. The highest BCUT2D eigenvalue weighted by Gasteiger charge is 2.21. The first-order valence-electron chi connectivity index (χ1n) is 5.80. The molecule has 0 unspecified atom stereocenters. The number of hydrogen-bond donors (Lipinski definition) is 0. The molecule has 3 heteroatoms. The molecule has 0 amide bonds. The fourth-order valence-corrected chi connectivity index (χ4v) is 3.27. The molecule has 0 aliphatic carbocycles. The SMILES string of the molecule is O=C(CC1CCSCC1)C1=CCCCO1. The summed E-state index contributed by atoms with van der Waals surface area (Å²) >= 11 is 2.00. The summed E-state index contributed by atoms with van der Waals surface area (Å²) in [5, 5.41) is 0. The van der Waals surface area contributed by atoms with Gasteiger partial charge in [0.05, 0.1) is 6.61 Å². The summed E-state index contributed by atoms with van der Waals surface area (Å²) in [5.41, 5.74) is 0. The van der Waals surface area contributed by atoms with E-state index in [-0.39, 0.29) is 5.78 Å². The molecule has 0 spiro atoms. The minimum atomic E-state index is 0.228. The van der Waals surface area contributed by atoms with Crippen molar-refractivity contribution in [2.45, 2.75) is 32.1 Å². The third-order valence-electron chi connectivity index (χ3n) is 3.03. The molecule has 2 aliphatic rings. The zero-order chi connectivity index (χ0) is 10.5. The van der Waals surface area contributed by atoms with Crippen LogP contribution in [0.1, 0.15) is 32.1 Å². The van der Waals surface area contributed by atoms with Crippen LogP contribution in [0.3, 0.4) is 0 Å². The van der Waals surface area contributed by atoms with Gasteiger partial charge in [0.2, 0.25) is 0 Å². The number of carbonyl (C=O) groups is 1. The molecule has 2 nitrogen and oxygen atoms in total. The van der Waals surface area contributed by atoms with Gasteiger partial charge in [-0.3, -0.25) is 4.79 Å². The van der Waals surface area contributed by atoms with E-state index in [9.17, 15) is 4.79 Å². The lowest BCUT2D eigenvalue weighted by Crippen LogP contribution is -2.18. The van der Waals surface area contributed by atoms with Gasteiger partial charge in [0.25, 0.3) is 0 Å². The lowest BCUT2D eigenvalue weighted by atomic mass is 9.95. The molecular formula is C12H18O2S. The van der Waals surface area contributed by atoms with E-state index in [1.807, 2.05) is 17.8 Å². The van der Waals surface area contributed by atoms with Crippen LogP contribution >= 0.6 is 11.8 Å². The van der Waals surface area contributed by atoms with E-state index in [1.165, 1.54) is 24.3 Å². The standard InChI is InChI=1S/C12H18O2S/c13-11(12-3-1-2-6-14-12)9-10-4-7-15-8-5-10/h3,10H,1-2,4-9H2. The van der Waals surface area contributed by atoms with Crippen molar-refractivity contribution in [3.63, 3.8) is 0 Å². The van der Waals surface area contributed by atoms with Crippen molar-refractivity contribution in [1.82, 2.24) is 0 Å². The fourth-order valence-electron chi connectivity index (χ4n) is 2.07. The molecule has 0 aromatic rings. The Kier molecular flexibility index (Phi) is 4.12. The monoisotopic (exact) mass is 226 g/mol. The van der Waals surface area contributed by atoms with Gasteiger partial charge in [0.1, 0.15) is 0 Å². The van der Waals surface area contributed by atoms with Crippen LogP contribution < -0.4 is 0 Å². The molecular weight excluding hydrogens is 208 g/mol. The summed E-state index contributed by atoms with van der Waals surface area (Å²) in [6.45, 7) is 0.720. The average Bonchev–Trinajstić information content (AvgIpc) is 2.31. The Hall–Kier alpha value is -0.440. The van der Waals surface area contributed by atoms with Gasteiger partial charge < -0.3 is 4.74 Å². The van der Waals surface area contributed by atoms with E-state index in [4.69, 9.17) is 4.74 Å². The van der Waals surface area contributed by atoms with E-state index in [0.717, 1.165) is 19.4 Å². The van der Waals surface area contributed by atoms with E-state index in [0.29, 0.717) is 18.1 Å². The van der Waals surface area contributed by atoms with Crippen LogP contribution in [0.25, 0.3) is 0 Å². The Morgan fingerprint density at radius 2 is 2.27 bits per heavy atom. The lowest BCUT2D eigenvalue weighted by Gasteiger charge is -2.21. The van der Waals surface area contributed by atoms with E-state index < -0.39 is 0 Å². The van der Waals surface area contributed by atoms with E-state index >= 15 is 0 Å². The maximum Gasteiger partial charge on any atom is 0.197 e. The maximum absolute atomic E-state index is 11.9.